The van der Waals surface area contributed by atoms with E-state index in [2.05, 4.69) is 0 Å². The quantitative estimate of drug-likeness (QED) is 0.345. The van der Waals surface area contributed by atoms with Crippen molar-refractivity contribution in [3.8, 4) is 0 Å². The number of carboxylic acids is 1. The number of rotatable bonds is 5. The molecule has 0 aliphatic heterocycles. The Hall–Kier alpha value is -0.0126. The van der Waals surface area contributed by atoms with Gasteiger partial charge in [0.05, 0.1) is 0 Å². The molecule has 1 atom stereocenters. The topological polar surface area (TPSA) is 89.3 Å². The van der Waals surface area contributed by atoms with E-state index in [-0.39, 0.29) is 18.9 Å². The first kappa shape index (κ1) is 13.6. The van der Waals surface area contributed by atoms with Crippen molar-refractivity contribution in [2.45, 2.75) is 25.3 Å². The van der Waals surface area contributed by atoms with Gasteiger partial charge in [0.15, 0.2) is 0 Å². The van der Waals surface area contributed by atoms with Crippen molar-refractivity contribution in [2.24, 2.45) is 11.5 Å². The Labute approximate surface area is 78.5 Å². The van der Waals surface area contributed by atoms with Crippen LogP contribution in [0.1, 0.15) is 19.3 Å². The van der Waals surface area contributed by atoms with Crippen molar-refractivity contribution < 1.29 is 9.90 Å². The minimum absolute atomic E-state index is 0. The zero-order chi connectivity index (χ0) is 7.98. The Morgan fingerprint density at radius 2 is 2.00 bits per heavy atom. The summed E-state index contributed by atoms with van der Waals surface area (Å²) in [5, 5.41) is 8.33. The Bertz CT molecular complexity index is 111. The average Bonchev–Trinajstić information content (AvgIpc) is 1.88. The van der Waals surface area contributed by atoms with E-state index in [9.17, 15) is 4.79 Å². The van der Waals surface area contributed by atoms with Gasteiger partial charge in [-0.1, -0.05) is 6.42 Å². The van der Waals surface area contributed by atoms with Crippen LogP contribution in [0.2, 0.25) is 0 Å². The molecule has 0 heterocycles. The van der Waals surface area contributed by atoms with Gasteiger partial charge in [0.25, 0.3) is 0 Å². The predicted molar refractivity (Wildman–Crippen MR) is 45.7 cm³/mol. The normalized spacial score (nSPS) is 11.8. The summed E-state index contributed by atoms with van der Waals surface area (Å²) in [4.78, 5) is 10.1. The van der Waals surface area contributed by atoms with E-state index in [1.54, 1.807) is 0 Å². The first-order chi connectivity index (χ1) is 4.68. The second-order valence-corrected chi connectivity index (χ2v) is 2.23. The van der Waals surface area contributed by atoms with Gasteiger partial charge in [-0.15, -0.1) is 0 Å². The van der Waals surface area contributed by atoms with E-state index in [1.165, 1.54) is 0 Å². The number of hydrogen-bond acceptors (Lipinski definition) is 3. The van der Waals surface area contributed by atoms with Gasteiger partial charge in [-0.25, -0.2) is 0 Å². The van der Waals surface area contributed by atoms with E-state index < -0.39 is 12.0 Å². The van der Waals surface area contributed by atoms with Crippen LogP contribution >= 0.6 is 0 Å². The van der Waals surface area contributed by atoms with E-state index >= 15 is 0 Å². The summed E-state index contributed by atoms with van der Waals surface area (Å²) in [6.07, 6.45) is 2.16. The van der Waals surface area contributed by atoms with Gasteiger partial charge in [0.1, 0.15) is 6.04 Å². The van der Waals surface area contributed by atoms with Crippen LogP contribution < -0.4 is 11.5 Å². The molecule has 0 fully saturated rings. The minimum atomic E-state index is -0.933. The molecule has 0 bridgehead atoms. The molecular formula is C6H15LiN2O2. The number of nitrogens with two attached hydrogens (primary N) is 2. The summed E-state index contributed by atoms with van der Waals surface area (Å²) in [5.74, 6) is -0.933. The third-order valence-electron chi connectivity index (χ3n) is 1.29. The third-order valence-corrected chi connectivity index (χ3v) is 1.29. The fourth-order valence-electron chi connectivity index (χ4n) is 0.632. The Kier molecular flexibility index (Phi) is 9.98. The van der Waals surface area contributed by atoms with Gasteiger partial charge in [-0.05, 0) is 19.4 Å². The summed E-state index contributed by atoms with van der Waals surface area (Å²) in [6, 6.07) is -0.716. The second-order valence-electron chi connectivity index (χ2n) is 2.23. The van der Waals surface area contributed by atoms with Gasteiger partial charge in [-0.2, -0.15) is 0 Å². The van der Waals surface area contributed by atoms with Gasteiger partial charge >= 0.3 is 24.8 Å². The van der Waals surface area contributed by atoms with Gasteiger partial charge in [-0.3, -0.25) is 4.79 Å². The summed E-state index contributed by atoms with van der Waals surface area (Å²) < 4.78 is 0. The fraction of sp³-hybridized carbons (Fsp3) is 0.833. The van der Waals surface area contributed by atoms with Crippen LogP contribution in [0, 0.1) is 0 Å². The Morgan fingerprint density at radius 1 is 1.45 bits per heavy atom. The SMILES string of the molecule is NCCCC[C@H](N)C(=O)O.[LiH]. The summed E-state index contributed by atoms with van der Waals surface area (Å²) in [7, 11) is 0. The fourth-order valence-corrected chi connectivity index (χ4v) is 0.632. The summed E-state index contributed by atoms with van der Waals surface area (Å²) in [5.41, 5.74) is 10.4. The first-order valence-electron chi connectivity index (χ1n) is 3.37. The van der Waals surface area contributed by atoms with Crippen molar-refractivity contribution in [1.29, 1.82) is 0 Å². The van der Waals surface area contributed by atoms with Crippen LogP contribution in [-0.4, -0.2) is 42.5 Å². The first-order valence-corrected chi connectivity index (χ1v) is 3.37. The van der Waals surface area contributed by atoms with Gasteiger partial charge < -0.3 is 16.6 Å². The molecule has 5 heteroatoms. The van der Waals surface area contributed by atoms with E-state index in [0.717, 1.165) is 12.8 Å². The molecule has 0 radical (unpaired) electrons. The molecule has 11 heavy (non-hydrogen) atoms. The maximum absolute atomic E-state index is 10.1. The van der Waals surface area contributed by atoms with Crippen LogP contribution in [0.5, 0.6) is 0 Å². The molecule has 0 rings (SSSR count). The Morgan fingerprint density at radius 3 is 2.36 bits per heavy atom. The number of unbranched alkanes of at least 4 members (excludes halogenated alkanes) is 1. The van der Waals surface area contributed by atoms with Crippen LogP contribution in [-0.2, 0) is 4.79 Å². The molecular weight excluding hydrogens is 139 g/mol. The maximum atomic E-state index is 10.1. The number of hydrogen-bond donors (Lipinski definition) is 3. The molecule has 5 N–H and O–H groups in total. The van der Waals surface area contributed by atoms with Crippen LogP contribution in [0.3, 0.4) is 0 Å². The van der Waals surface area contributed by atoms with Crippen LogP contribution in [0.15, 0.2) is 0 Å². The van der Waals surface area contributed by atoms with E-state index in [0.29, 0.717) is 13.0 Å². The Balaban J connectivity index is 0. The molecule has 4 nitrogen and oxygen atoms in total. The zero-order valence-corrected chi connectivity index (χ0v) is 5.92. The van der Waals surface area contributed by atoms with Crippen molar-refractivity contribution >= 4 is 24.8 Å². The molecule has 62 valence electrons. The summed E-state index contributed by atoms with van der Waals surface area (Å²) >= 11 is 0. The zero-order valence-electron chi connectivity index (χ0n) is 5.92. The molecule has 0 spiro atoms. The van der Waals surface area contributed by atoms with Crippen molar-refractivity contribution in [3.63, 3.8) is 0 Å². The van der Waals surface area contributed by atoms with E-state index in [1.807, 2.05) is 0 Å². The van der Waals surface area contributed by atoms with Crippen molar-refractivity contribution in [3.05, 3.63) is 0 Å². The third kappa shape index (κ3) is 7.89. The molecule has 0 saturated heterocycles. The van der Waals surface area contributed by atoms with Gasteiger partial charge in [0.2, 0.25) is 0 Å². The van der Waals surface area contributed by atoms with E-state index in [4.69, 9.17) is 16.6 Å². The van der Waals surface area contributed by atoms with Crippen LogP contribution in [0.25, 0.3) is 0 Å². The molecule has 0 aliphatic rings. The second kappa shape index (κ2) is 8.09. The number of carboxylic acid groups (broad SMARTS) is 1. The van der Waals surface area contributed by atoms with Gasteiger partial charge in [0, 0.05) is 0 Å². The number of aliphatic carboxylic acids is 1. The molecule has 0 aliphatic carbocycles. The molecule has 0 aromatic rings. The van der Waals surface area contributed by atoms with Crippen molar-refractivity contribution in [1.82, 2.24) is 0 Å². The molecule has 0 aromatic heterocycles. The molecule has 0 amide bonds. The van der Waals surface area contributed by atoms with Crippen LogP contribution in [0.4, 0.5) is 0 Å². The standard InChI is InChI=1S/C6H14N2O2.Li.H/c7-4-2-1-3-5(8)6(9)10;;/h5H,1-4,7-8H2,(H,9,10);;/t5-;;/m0../s1. The average molecular weight is 154 g/mol. The molecule has 0 unspecified atom stereocenters. The monoisotopic (exact) mass is 154 g/mol. The van der Waals surface area contributed by atoms with Crippen molar-refractivity contribution in [2.75, 3.05) is 6.54 Å². The predicted octanol–water partition coefficient (Wildman–Crippen LogP) is -1.12. The number of carbonyl (C=O) groups is 1. The molecule has 0 aromatic carbocycles. The molecule has 0 saturated carbocycles. The summed E-state index contributed by atoms with van der Waals surface area (Å²) in [6.45, 7) is 0.604.